The van der Waals surface area contributed by atoms with E-state index < -0.39 is 23.5 Å². The highest BCUT2D eigenvalue weighted by Gasteiger charge is 2.45. The first-order chi connectivity index (χ1) is 14.8. The Morgan fingerprint density at radius 3 is 2.52 bits per heavy atom. The second kappa shape index (κ2) is 9.75. The second-order valence-corrected chi connectivity index (χ2v) is 7.55. The smallest absolute Gasteiger partial charge is 0.295 e. The topological polar surface area (TPSA) is 76.1 Å². The highest BCUT2D eigenvalue weighted by atomic mass is 19.1. The van der Waals surface area contributed by atoms with Crippen LogP contribution in [-0.2, 0) is 14.3 Å². The molecule has 1 atom stereocenters. The first kappa shape index (κ1) is 22.5. The molecule has 0 saturated carbocycles. The molecule has 3 rings (SSSR count). The summed E-state index contributed by atoms with van der Waals surface area (Å²) in [6.07, 6.45) is 0.568. The lowest BCUT2D eigenvalue weighted by Gasteiger charge is -2.25. The molecule has 0 unspecified atom stereocenters. The summed E-state index contributed by atoms with van der Waals surface area (Å²) in [6.45, 7) is 4.51. The summed E-state index contributed by atoms with van der Waals surface area (Å²) < 4.78 is 24.2. The molecule has 1 amide bonds. The van der Waals surface area contributed by atoms with E-state index in [2.05, 4.69) is 0 Å². The average molecular weight is 427 g/mol. The van der Waals surface area contributed by atoms with Gasteiger partial charge in [-0.25, -0.2) is 4.39 Å². The highest BCUT2D eigenvalue weighted by molar-refractivity contribution is 6.46. The Kier molecular flexibility index (Phi) is 7.07. The van der Waals surface area contributed by atoms with Crippen molar-refractivity contribution in [3.05, 3.63) is 71.0 Å². The summed E-state index contributed by atoms with van der Waals surface area (Å²) in [4.78, 5) is 27.2. The van der Waals surface area contributed by atoms with E-state index in [1.165, 1.54) is 36.3 Å². The first-order valence-electron chi connectivity index (χ1n) is 10.1. The van der Waals surface area contributed by atoms with E-state index >= 15 is 0 Å². The lowest BCUT2D eigenvalue weighted by atomic mass is 9.95. The van der Waals surface area contributed by atoms with Gasteiger partial charge >= 0.3 is 0 Å². The molecule has 2 aromatic carbocycles. The molecule has 7 heteroatoms. The Labute approximate surface area is 180 Å². The maximum atomic E-state index is 13.5. The number of ketones is 1. The zero-order valence-corrected chi connectivity index (χ0v) is 17.8. The molecule has 1 aliphatic heterocycles. The van der Waals surface area contributed by atoms with Gasteiger partial charge in [-0.2, -0.15) is 0 Å². The number of nitrogens with zero attached hydrogens (tertiary/aromatic N) is 1. The molecule has 1 aliphatic rings. The van der Waals surface area contributed by atoms with Gasteiger partial charge in [-0.3, -0.25) is 9.59 Å². The van der Waals surface area contributed by atoms with Gasteiger partial charge in [0.2, 0.25) is 0 Å². The summed E-state index contributed by atoms with van der Waals surface area (Å²) in [5.41, 5.74) is 0.858. The molecule has 0 bridgehead atoms. The number of benzene rings is 2. The lowest BCUT2D eigenvalue weighted by molar-refractivity contribution is -0.140. The number of amides is 1. The molecule has 0 spiro atoms. The molecule has 1 heterocycles. The minimum atomic E-state index is -0.828. The van der Waals surface area contributed by atoms with Crippen molar-refractivity contribution < 1.29 is 28.6 Å². The molecular weight excluding hydrogens is 401 g/mol. The second-order valence-electron chi connectivity index (χ2n) is 7.55. The summed E-state index contributed by atoms with van der Waals surface area (Å²) in [7, 11) is 1.50. The van der Waals surface area contributed by atoms with Crippen molar-refractivity contribution in [2.24, 2.45) is 0 Å². The van der Waals surface area contributed by atoms with E-state index in [0.717, 1.165) is 0 Å². The molecule has 164 valence electrons. The van der Waals surface area contributed by atoms with Gasteiger partial charge in [0.15, 0.2) is 0 Å². The summed E-state index contributed by atoms with van der Waals surface area (Å²) in [5, 5.41) is 11.0. The van der Waals surface area contributed by atoms with Crippen LogP contribution in [0.3, 0.4) is 0 Å². The van der Waals surface area contributed by atoms with Crippen molar-refractivity contribution in [3.8, 4) is 5.75 Å². The Balaban J connectivity index is 2.03. The van der Waals surface area contributed by atoms with Crippen LogP contribution in [0.1, 0.15) is 37.4 Å². The molecule has 2 aromatic rings. The van der Waals surface area contributed by atoms with Crippen LogP contribution < -0.4 is 4.74 Å². The fourth-order valence-electron chi connectivity index (χ4n) is 3.58. The summed E-state index contributed by atoms with van der Waals surface area (Å²) in [6, 6.07) is 11.3. The molecule has 31 heavy (non-hydrogen) atoms. The van der Waals surface area contributed by atoms with Crippen LogP contribution in [0.2, 0.25) is 0 Å². The zero-order valence-electron chi connectivity index (χ0n) is 17.8. The predicted molar refractivity (Wildman–Crippen MR) is 114 cm³/mol. The third-order valence-electron chi connectivity index (χ3n) is 5.06. The van der Waals surface area contributed by atoms with Crippen LogP contribution >= 0.6 is 0 Å². The monoisotopic (exact) mass is 427 g/mol. The number of likely N-dealkylation sites (tertiary alicyclic amines) is 1. The van der Waals surface area contributed by atoms with Crippen LogP contribution in [0.4, 0.5) is 4.39 Å². The number of ether oxygens (including phenoxy) is 2. The number of carbonyl (C=O) groups excluding carboxylic acids is 2. The maximum absolute atomic E-state index is 13.5. The van der Waals surface area contributed by atoms with Crippen LogP contribution in [0.5, 0.6) is 5.75 Å². The number of halogens is 1. The number of aliphatic hydroxyl groups is 1. The minimum Gasteiger partial charge on any atom is -0.507 e. The number of rotatable bonds is 8. The van der Waals surface area contributed by atoms with Gasteiger partial charge in [-0.15, -0.1) is 0 Å². The molecule has 0 aliphatic carbocycles. The Bertz CT molecular complexity index is 984. The maximum Gasteiger partial charge on any atom is 0.295 e. The molecule has 6 nitrogen and oxygen atoms in total. The molecule has 1 saturated heterocycles. The van der Waals surface area contributed by atoms with Gasteiger partial charge in [0.05, 0.1) is 24.8 Å². The molecular formula is C24H26FNO5. The summed E-state index contributed by atoms with van der Waals surface area (Å²) in [5.74, 6) is -1.71. The van der Waals surface area contributed by atoms with E-state index in [-0.39, 0.29) is 24.0 Å². The van der Waals surface area contributed by atoms with E-state index in [1.807, 2.05) is 13.8 Å². The predicted octanol–water partition coefficient (Wildman–Crippen LogP) is 4.07. The van der Waals surface area contributed by atoms with Crippen molar-refractivity contribution in [2.45, 2.75) is 32.4 Å². The van der Waals surface area contributed by atoms with Gasteiger partial charge in [-0.1, -0.05) is 24.3 Å². The van der Waals surface area contributed by atoms with Crippen LogP contribution in [0.25, 0.3) is 5.76 Å². The van der Waals surface area contributed by atoms with E-state index in [1.54, 1.807) is 24.3 Å². The van der Waals surface area contributed by atoms with Crippen LogP contribution in [-0.4, -0.2) is 48.1 Å². The fraction of sp³-hybridized carbons (Fsp3) is 0.333. The van der Waals surface area contributed by atoms with Crippen molar-refractivity contribution in [3.63, 3.8) is 0 Å². The van der Waals surface area contributed by atoms with E-state index in [4.69, 9.17) is 9.47 Å². The van der Waals surface area contributed by atoms with Crippen LogP contribution in [0.15, 0.2) is 54.1 Å². The molecule has 1 N–H and O–H groups in total. The SMILES string of the molecule is COc1cccc(C(O)=C2C(=O)C(=O)N(CCCOC(C)C)[C@@H]2c2ccc(F)cc2)c1. The Morgan fingerprint density at radius 1 is 1.16 bits per heavy atom. The standard InChI is InChI=1S/C24H26FNO5/c1-15(2)31-13-5-12-26-21(16-8-10-18(25)11-9-16)20(23(28)24(26)29)22(27)17-6-4-7-19(14-17)30-3/h4,6-11,14-15,21,27H,5,12-13H2,1-3H3/t21-/m1/s1. The highest BCUT2D eigenvalue weighted by Crippen LogP contribution is 2.39. The van der Waals surface area contributed by atoms with Crippen molar-refractivity contribution in [1.82, 2.24) is 4.90 Å². The number of hydrogen-bond acceptors (Lipinski definition) is 5. The average Bonchev–Trinajstić information content (AvgIpc) is 3.01. The molecule has 0 aromatic heterocycles. The van der Waals surface area contributed by atoms with Gasteiger partial charge in [0, 0.05) is 18.7 Å². The van der Waals surface area contributed by atoms with E-state index in [0.29, 0.717) is 29.9 Å². The van der Waals surface area contributed by atoms with Gasteiger partial charge in [-0.05, 0) is 50.1 Å². The molecule has 0 radical (unpaired) electrons. The minimum absolute atomic E-state index is 0.0327. The number of Topliss-reactive ketones (excluding diaryl/α,β-unsaturated/α-hetero) is 1. The Morgan fingerprint density at radius 2 is 1.87 bits per heavy atom. The third-order valence-corrected chi connectivity index (χ3v) is 5.06. The summed E-state index contributed by atoms with van der Waals surface area (Å²) >= 11 is 0. The number of carbonyl (C=O) groups is 2. The zero-order chi connectivity index (χ0) is 22.5. The van der Waals surface area contributed by atoms with Gasteiger partial charge < -0.3 is 19.5 Å². The quantitative estimate of drug-likeness (QED) is 0.297. The van der Waals surface area contributed by atoms with Crippen LogP contribution in [0, 0.1) is 5.82 Å². The third kappa shape index (κ3) is 4.94. The van der Waals surface area contributed by atoms with Gasteiger partial charge in [0.1, 0.15) is 17.3 Å². The molecule has 1 fully saturated rings. The lowest BCUT2D eigenvalue weighted by Crippen LogP contribution is -2.31. The van der Waals surface area contributed by atoms with Gasteiger partial charge in [0.25, 0.3) is 11.7 Å². The first-order valence-corrected chi connectivity index (χ1v) is 10.1. The number of aliphatic hydroxyl groups excluding tert-OH is 1. The largest absolute Gasteiger partial charge is 0.507 e. The van der Waals surface area contributed by atoms with Crippen molar-refractivity contribution in [1.29, 1.82) is 0 Å². The van der Waals surface area contributed by atoms with Crippen molar-refractivity contribution in [2.75, 3.05) is 20.3 Å². The van der Waals surface area contributed by atoms with Crippen molar-refractivity contribution >= 4 is 17.4 Å². The van der Waals surface area contributed by atoms with E-state index in [9.17, 15) is 19.1 Å². The normalized spacial score (nSPS) is 18.1. The fourth-order valence-corrected chi connectivity index (χ4v) is 3.58. The number of hydrogen-bond donors (Lipinski definition) is 1. The Hall–Kier alpha value is -3.19. The number of methoxy groups -OCH3 is 1.